The molecule has 10 nitrogen and oxygen atoms in total. The first-order chi connectivity index (χ1) is 16.5. The number of nitrogens with one attached hydrogen (secondary N) is 3. The van der Waals surface area contributed by atoms with Crippen LogP contribution in [0.1, 0.15) is 31.9 Å². The summed E-state index contributed by atoms with van der Waals surface area (Å²) < 4.78 is 10.3. The summed E-state index contributed by atoms with van der Waals surface area (Å²) in [5, 5.41) is 16.8. The van der Waals surface area contributed by atoms with Crippen molar-refractivity contribution in [1.82, 2.24) is 16.0 Å². The van der Waals surface area contributed by atoms with Gasteiger partial charge in [-0.2, -0.15) is 0 Å². The van der Waals surface area contributed by atoms with Crippen molar-refractivity contribution < 1.29 is 33.8 Å². The Morgan fingerprint density at radius 2 is 1.54 bits per heavy atom. The van der Waals surface area contributed by atoms with Crippen LogP contribution in [-0.4, -0.2) is 53.7 Å². The lowest BCUT2D eigenvalue weighted by Gasteiger charge is -2.23. The van der Waals surface area contributed by atoms with Crippen LogP contribution in [0.25, 0.3) is 0 Å². The van der Waals surface area contributed by atoms with Crippen LogP contribution in [0.3, 0.4) is 0 Å². The SMILES string of the molecule is CC(C)(C)OC(=O)N[C@@H](Cc1ccc(O)cc1)C(=O)NCC(=O)NCC(=O)OCc1ccccc1. The first-order valence-corrected chi connectivity index (χ1v) is 11.0. The number of amides is 3. The van der Waals surface area contributed by atoms with Gasteiger partial charge in [-0.15, -0.1) is 0 Å². The maximum absolute atomic E-state index is 12.7. The van der Waals surface area contributed by atoms with Gasteiger partial charge in [0.05, 0.1) is 6.54 Å². The number of aromatic hydroxyl groups is 1. The Kier molecular flexibility index (Phi) is 10.1. The molecule has 0 aliphatic rings. The largest absolute Gasteiger partial charge is 0.508 e. The molecule has 0 aliphatic carbocycles. The molecule has 3 amide bonds. The second kappa shape index (κ2) is 13.0. The van der Waals surface area contributed by atoms with Gasteiger partial charge in [-0.25, -0.2) is 4.79 Å². The third kappa shape index (κ3) is 11.1. The predicted octanol–water partition coefficient (Wildman–Crippen LogP) is 1.80. The molecule has 0 radical (unpaired) electrons. The van der Waals surface area contributed by atoms with Gasteiger partial charge in [0.25, 0.3) is 0 Å². The van der Waals surface area contributed by atoms with Gasteiger partial charge in [-0.1, -0.05) is 42.5 Å². The van der Waals surface area contributed by atoms with Crippen LogP contribution in [0.15, 0.2) is 54.6 Å². The topological polar surface area (TPSA) is 143 Å². The van der Waals surface area contributed by atoms with Crippen molar-refractivity contribution in [3.05, 3.63) is 65.7 Å². The zero-order valence-electron chi connectivity index (χ0n) is 20.0. The van der Waals surface area contributed by atoms with Gasteiger partial charge >= 0.3 is 12.1 Å². The Balaban J connectivity index is 1.85. The molecule has 0 bridgehead atoms. The summed E-state index contributed by atoms with van der Waals surface area (Å²) in [5.41, 5.74) is 0.722. The third-order valence-electron chi connectivity index (χ3n) is 4.48. The predicted molar refractivity (Wildman–Crippen MR) is 127 cm³/mol. The number of alkyl carbamates (subject to hydrolysis) is 1. The fraction of sp³-hybridized carbons (Fsp3) is 0.360. The lowest BCUT2D eigenvalue weighted by molar-refractivity contribution is -0.145. The van der Waals surface area contributed by atoms with Crippen LogP contribution in [0.4, 0.5) is 4.79 Å². The standard InChI is InChI=1S/C25H31N3O7/c1-25(2,3)35-24(33)28-20(13-17-9-11-19(29)12-10-17)23(32)27-14-21(30)26-15-22(31)34-16-18-7-5-4-6-8-18/h4-12,20,29H,13-16H2,1-3H3,(H,26,30)(H,27,32)(H,28,33)/t20-/m0/s1. The van der Waals surface area contributed by atoms with Crippen LogP contribution in [0, 0.1) is 0 Å². The molecular formula is C25H31N3O7. The smallest absolute Gasteiger partial charge is 0.408 e. The van der Waals surface area contributed by atoms with Gasteiger partial charge in [0.1, 0.15) is 30.5 Å². The summed E-state index contributed by atoms with van der Waals surface area (Å²) in [6.07, 6.45) is -0.694. The van der Waals surface area contributed by atoms with Gasteiger partial charge < -0.3 is 30.5 Å². The number of carbonyl (C=O) groups is 4. The van der Waals surface area contributed by atoms with E-state index in [1.54, 1.807) is 45.0 Å². The van der Waals surface area contributed by atoms with Crippen molar-refractivity contribution in [2.75, 3.05) is 13.1 Å². The maximum atomic E-state index is 12.7. The summed E-state index contributed by atoms with van der Waals surface area (Å²) in [7, 11) is 0. The minimum Gasteiger partial charge on any atom is -0.508 e. The number of benzene rings is 2. The molecule has 2 aromatic rings. The van der Waals surface area contributed by atoms with Crippen LogP contribution in [-0.2, 0) is 36.9 Å². The fourth-order valence-electron chi connectivity index (χ4n) is 2.84. The van der Waals surface area contributed by atoms with Crippen LogP contribution in [0.5, 0.6) is 5.75 Å². The van der Waals surface area contributed by atoms with E-state index >= 15 is 0 Å². The van der Waals surface area contributed by atoms with Crippen LogP contribution in [0.2, 0.25) is 0 Å². The van der Waals surface area contributed by atoms with Gasteiger partial charge in [0.2, 0.25) is 11.8 Å². The van der Waals surface area contributed by atoms with Crippen molar-refractivity contribution in [1.29, 1.82) is 0 Å². The molecule has 2 rings (SSSR count). The Labute approximate surface area is 204 Å². The van der Waals surface area contributed by atoms with Crippen molar-refractivity contribution in [2.45, 2.75) is 45.4 Å². The van der Waals surface area contributed by atoms with Crippen molar-refractivity contribution >= 4 is 23.9 Å². The Hall–Kier alpha value is -4.08. The summed E-state index contributed by atoms with van der Waals surface area (Å²) in [6, 6.07) is 14.2. The molecule has 4 N–H and O–H groups in total. The molecule has 0 fully saturated rings. The molecule has 1 atom stereocenters. The van der Waals surface area contributed by atoms with Crippen molar-refractivity contribution in [2.24, 2.45) is 0 Å². The lowest BCUT2D eigenvalue weighted by Crippen LogP contribution is -2.51. The maximum Gasteiger partial charge on any atom is 0.408 e. The highest BCUT2D eigenvalue weighted by Gasteiger charge is 2.25. The highest BCUT2D eigenvalue weighted by Crippen LogP contribution is 2.12. The fourth-order valence-corrected chi connectivity index (χ4v) is 2.84. The molecule has 35 heavy (non-hydrogen) atoms. The van der Waals surface area contributed by atoms with E-state index in [0.29, 0.717) is 5.56 Å². The average Bonchev–Trinajstić information content (AvgIpc) is 2.80. The van der Waals surface area contributed by atoms with E-state index in [-0.39, 0.29) is 25.3 Å². The first kappa shape index (κ1) is 27.2. The molecule has 0 heterocycles. The van der Waals surface area contributed by atoms with Gasteiger partial charge in [0.15, 0.2) is 0 Å². The number of hydrogen-bond donors (Lipinski definition) is 4. The van der Waals surface area contributed by atoms with Crippen molar-refractivity contribution in [3.63, 3.8) is 0 Å². The van der Waals surface area contributed by atoms with Gasteiger partial charge in [-0.05, 0) is 44.0 Å². The summed E-state index contributed by atoms with van der Waals surface area (Å²) in [6.45, 7) is 4.40. The summed E-state index contributed by atoms with van der Waals surface area (Å²) >= 11 is 0. The molecule has 0 unspecified atom stereocenters. The van der Waals surface area contributed by atoms with E-state index < -0.39 is 42.1 Å². The zero-order valence-corrected chi connectivity index (χ0v) is 20.0. The van der Waals surface area contributed by atoms with E-state index in [9.17, 15) is 24.3 Å². The summed E-state index contributed by atoms with van der Waals surface area (Å²) in [5.74, 6) is -1.78. The van der Waals surface area contributed by atoms with Crippen molar-refractivity contribution in [3.8, 4) is 5.75 Å². The third-order valence-corrected chi connectivity index (χ3v) is 4.48. The van der Waals surface area contributed by atoms with E-state index in [1.807, 2.05) is 18.2 Å². The highest BCUT2D eigenvalue weighted by molar-refractivity contribution is 5.90. The monoisotopic (exact) mass is 485 g/mol. The zero-order chi connectivity index (χ0) is 25.8. The number of phenolic OH excluding ortho intramolecular Hbond substituents is 1. The Morgan fingerprint density at radius 3 is 2.17 bits per heavy atom. The van der Waals surface area contributed by atoms with E-state index in [1.165, 1.54) is 12.1 Å². The number of hydrogen-bond acceptors (Lipinski definition) is 7. The number of phenols is 1. The quantitative estimate of drug-likeness (QED) is 0.376. The van der Waals surface area contributed by atoms with E-state index in [4.69, 9.17) is 9.47 Å². The molecule has 0 aromatic heterocycles. The second-order valence-corrected chi connectivity index (χ2v) is 8.71. The minimum atomic E-state index is -1.04. The number of carbonyl (C=O) groups excluding carboxylic acids is 4. The summed E-state index contributed by atoms with van der Waals surface area (Å²) in [4.78, 5) is 48.8. The number of rotatable bonds is 10. The molecular weight excluding hydrogens is 454 g/mol. The highest BCUT2D eigenvalue weighted by atomic mass is 16.6. The molecule has 0 saturated heterocycles. The van der Waals surface area contributed by atoms with E-state index in [0.717, 1.165) is 5.56 Å². The molecule has 0 saturated carbocycles. The normalized spacial score (nSPS) is 11.6. The van der Waals surface area contributed by atoms with Crippen LogP contribution < -0.4 is 16.0 Å². The second-order valence-electron chi connectivity index (χ2n) is 8.71. The molecule has 10 heteroatoms. The lowest BCUT2D eigenvalue weighted by atomic mass is 10.1. The van der Waals surface area contributed by atoms with E-state index in [2.05, 4.69) is 16.0 Å². The molecule has 2 aromatic carbocycles. The molecule has 188 valence electrons. The van der Waals surface area contributed by atoms with Gasteiger partial charge in [0, 0.05) is 6.42 Å². The minimum absolute atomic E-state index is 0.0637. The van der Waals surface area contributed by atoms with Crippen LogP contribution >= 0.6 is 0 Å². The Morgan fingerprint density at radius 1 is 0.886 bits per heavy atom. The average molecular weight is 486 g/mol. The molecule has 0 aliphatic heterocycles. The first-order valence-electron chi connectivity index (χ1n) is 11.0. The Bertz CT molecular complexity index is 1000. The number of ether oxygens (including phenoxy) is 2. The number of esters is 1. The molecule has 0 spiro atoms. The van der Waals surface area contributed by atoms with Gasteiger partial charge in [-0.3, -0.25) is 14.4 Å².